The average molecular weight is 343 g/mol. The van der Waals surface area contributed by atoms with Crippen molar-refractivity contribution in [2.45, 2.75) is 19.5 Å². The van der Waals surface area contributed by atoms with E-state index in [-0.39, 0.29) is 0 Å². The molecule has 6 heteroatoms. The normalized spacial score (nSPS) is 13.6. The molecule has 1 aliphatic heterocycles. The highest BCUT2D eigenvalue weighted by molar-refractivity contribution is 5.73. The van der Waals surface area contributed by atoms with Crippen LogP contribution < -0.4 is 5.32 Å². The predicted molar refractivity (Wildman–Crippen MR) is 90.9 cm³/mol. The number of halogens is 3. The van der Waals surface area contributed by atoms with Crippen LogP contribution in [0.3, 0.4) is 0 Å². The highest BCUT2D eigenvalue weighted by Crippen LogP contribution is 2.36. The molecule has 0 spiro atoms. The second-order valence-electron chi connectivity index (χ2n) is 6.13. The molecule has 0 radical (unpaired) electrons. The van der Waals surface area contributed by atoms with Crippen molar-refractivity contribution in [2.24, 2.45) is 0 Å². The van der Waals surface area contributed by atoms with Crippen molar-refractivity contribution in [3.8, 4) is 16.9 Å². The van der Waals surface area contributed by atoms with Crippen LogP contribution in [0.25, 0.3) is 16.9 Å². The third-order valence-electron chi connectivity index (χ3n) is 4.48. The third kappa shape index (κ3) is 2.67. The van der Waals surface area contributed by atoms with Gasteiger partial charge in [-0.25, -0.2) is 4.68 Å². The molecular formula is C19H16F3N3. The van der Waals surface area contributed by atoms with E-state index in [1.807, 2.05) is 35.9 Å². The number of nitrogens with one attached hydrogen (secondary N) is 1. The van der Waals surface area contributed by atoms with Crippen LogP contribution in [0.5, 0.6) is 0 Å². The van der Waals surface area contributed by atoms with E-state index in [1.54, 1.807) is 0 Å². The Kier molecular flexibility index (Phi) is 3.56. The molecule has 0 unspecified atom stereocenters. The van der Waals surface area contributed by atoms with Gasteiger partial charge in [0.1, 0.15) is 5.82 Å². The SMILES string of the molecule is Cc1ccccc1-n1nc(-c2ccc(C(F)(F)F)cc2)c2c1NCC2. The molecule has 2 heterocycles. The number of benzene rings is 2. The molecule has 25 heavy (non-hydrogen) atoms. The van der Waals surface area contributed by atoms with Crippen LogP contribution in [0.4, 0.5) is 19.0 Å². The van der Waals surface area contributed by atoms with E-state index in [0.29, 0.717) is 5.56 Å². The Bertz CT molecular complexity index is 924. The zero-order valence-corrected chi connectivity index (χ0v) is 13.6. The van der Waals surface area contributed by atoms with Crippen LogP contribution in [0.2, 0.25) is 0 Å². The molecule has 4 rings (SSSR count). The number of aromatic nitrogens is 2. The van der Waals surface area contributed by atoms with Crippen LogP contribution in [0.15, 0.2) is 48.5 Å². The van der Waals surface area contributed by atoms with Gasteiger partial charge in [-0.1, -0.05) is 30.3 Å². The lowest BCUT2D eigenvalue weighted by molar-refractivity contribution is -0.137. The largest absolute Gasteiger partial charge is 0.416 e. The lowest BCUT2D eigenvalue weighted by atomic mass is 10.0. The Morgan fingerprint density at radius 1 is 1.04 bits per heavy atom. The number of hydrogen-bond donors (Lipinski definition) is 1. The maximum Gasteiger partial charge on any atom is 0.416 e. The molecule has 1 aromatic heterocycles. The Labute approximate surface area is 143 Å². The Morgan fingerprint density at radius 2 is 1.76 bits per heavy atom. The minimum absolute atomic E-state index is 0.649. The fourth-order valence-corrected chi connectivity index (χ4v) is 3.20. The average Bonchev–Trinajstić information content (AvgIpc) is 3.17. The first-order valence-corrected chi connectivity index (χ1v) is 8.04. The monoisotopic (exact) mass is 343 g/mol. The summed E-state index contributed by atoms with van der Waals surface area (Å²) in [6.45, 7) is 2.81. The van der Waals surface area contributed by atoms with Gasteiger partial charge in [0, 0.05) is 17.7 Å². The number of nitrogens with zero attached hydrogens (tertiary/aromatic N) is 2. The van der Waals surface area contributed by atoms with Gasteiger partial charge < -0.3 is 5.32 Å². The van der Waals surface area contributed by atoms with Crippen molar-refractivity contribution >= 4 is 5.82 Å². The van der Waals surface area contributed by atoms with E-state index in [1.165, 1.54) is 12.1 Å². The first-order valence-electron chi connectivity index (χ1n) is 8.04. The van der Waals surface area contributed by atoms with E-state index in [2.05, 4.69) is 5.32 Å². The zero-order chi connectivity index (χ0) is 17.6. The van der Waals surface area contributed by atoms with Crippen LogP contribution in [-0.4, -0.2) is 16.3 Å². The zero-order valence-electron chi connectivity index (χ0n) is 13.6. The molecular weight excluding hydrogens is 327 g/mol. The highest BCUT2D eigenvalue weighted by Gasteiger charge is 2.30. The summed E-state index contributed by atoms with van der Waals surface area (Å²) in [4.78, 5) is 0. The van der Waals surface area contributed by atoms with E-state index < -0.39 is 11.7 Å². The van der Waals surface area contributed by atoms with Gasteiger partial charge in [-0.3, -0.25) is 0 Å². The smallest absolute Gasteiger partial charge is 0.369 e. The standard InChI is InChI=1S/C19H16F3N3/c1-12-4-2-3-5-16(12)25-18-15(10-11-23-18)17(24-25)13-6-8-14(9-7-13)19(20,21)22/h2-9,23H,10-11H2,1H3. The van der Waals surface area contributed by atoms with Crippen LogP contribution in [0, 0.1) is 6.92 Å². The second-order valence-corrected chi connectivity index (χ2v) is 6.13. The highest BCUT2D eigenvalue weighted by atomic mass is 19.4. The molecule has 0 saturated carbocycles. The third-order valence-corrected chi connectivity index (χ3v) is 4.48. The molecule has 128 valence electrons. The van der Waals surface area contributed by atoms with Crippen molar-refractivity contribution in [1.29, 1.82) is 0 Å². The Hall–Kier alpha value is -2.76. The van der Waals surface area contributed by atoms with Gasteiger partial charge in [0.05, 0.1) is 16.9 Å². The number of rotatable bonds is 2. The van der Waals surface area contributed by atoms with Crippen molar-refractivity contribution in [3.63, 3.8) is 0 Å². The predicted octanol–water partition coefficient (Wildman–Crippen LogP) is 4.83. The molecule has 1 N–H and O–H groups in total. The molecule has 0 bridgehead atoms. The summed E-state index contributed by atoms with van der Waals surface area (Å²) in [5.41, 5.74) is 3.87. The van der Waals surface area contributed by atoms with Crippen LogP contribution in [-0.2, 0) is 12.6 Å². The molecule has 3 nitrogen and oxygen atoms in total. The van der Waals surface area contributed by atoms with Gasteiger partial charge in [0.2, 0.25) is 0 Å². The van der Waals surface area contributed by atoms with Crippen LogP contribution in [0.1, 0.15) is 16.7 Å². The van der Waals surface area contributed by atoms with Gasteiger partial charge in [0.25, 0.3) is 0 Å². The molecule has 1 aliphatic rings. The van der Waals surface area contributed by atoms with E-state index >= 15 is 0 Å². The molecule has 3 aromatic rings. The quantitative estimate of drug-likeness (QED) is 0.722. The van der Waals surface area contributed by atoms with Gasteiger partial charge in [-0.2, -0.15) is 18.3 Å². The summed E-state index contributed by atoms with van der Waals surface area (Å²) in [5, 5.41) is 8.04. The van der Waals surface area contributed by atoms with Crippen molar-refractivity contribution in [3.05, 3.63) is 65.2 Å². The summed E-state index contributed by atoms with van der Waals surface area (Å²) >= 11 is 0. The maximum absolute atomic E-state index is 12.8. The minimum atomic E-state index is -4.33. The summed E-state index contributed by atoms with van der Waals surface area (Å²) in [6.07, 6.45) is -3.53. The Morgan fingerprint density at radius 3 is 2.44 bits per heavy atom. The van der Waals surface area contributed by atoms with Crippen LogP contribution >= 0.6 is 0 Å². The molecule has 0 atom stereocenters. The summed E-state index contributed by atoms with van der Waals surface area (Å²) < 4.78 is 40.2. The van der Waals surface area contributed by atoms with Gasteiger partial charge in [0.15, 0.2) is 0 Å². The van der Waals surface area contributed by atoms with E-state index in [4.69, 9.17) is 5.10 Å². The number of fused-ring (bicyclic) bond motifs is 1. The van der Waals surface area contributed by atoms with Crippen molar-refractivity contribution < 1.29 is 13.2 Å². The van der Waals surface area contributed by atoms with Crippen molar-refractivity contribution in [2.75, 3.05) is 11.9 Å². The second kappa shape index (κ2) is 5.65. The summed E-state index contributed by atoms with van der Waals surface area (Å²) in [6, 6.07) is 13.1. The fourth-order valence-electron chi connectivity index (χ4n) is 3.20. The maximum atomic E-state index is 12.8. The van der Waals surface area contributed by atoms with E-state index in [9.17, 15) is 13.2 Å². The molecule has 0 fully saturated rings. The number of alkyl halides is 3. The van der Waals surface area contributed by atoms with Crippen molar-refractivity contribution in [1.82, 2.24) is 9.78 Å². The molecule has 0 aliphatic carbocycles. The first-order chi connectivity index (χ1) is 11.9. The molecule has 0 saturated heterocycles. The topological polar surface area (TPSA) is 29.9 Å². The first kappa shape index (κ1) is 15.7. The molecule has 0 amide bonds. The van der Waals surface area contributed by atoms with Gasteiger partial charge >= 0.3 is 6.18 Å². The van der Waals surface area contributed by atoms with Gasteiger partial charge in [-0.05, 0) is 37.1 Å². The summed E-state index contributed by atoms with van der Waals surface area (Å²) in [5.74, 6) is 0.921. The summed E-state index contributed by atoms with van der Waals surface area (Å²) in [7, 11) is 0. The lowest BCUT2D eigenvalue weighted by Gasteiger charge is -2.09. The Balaban J connectivity index is 1.82. The fraction of sp³-hybridized carbons (Fsp3) is 0.211. The number of hydrogen-bond acceptors (Lipinski definition) is 2. The molecule has 2 aromatic carbocycles. The van der Waals surface area contributed by atoms with Gasteiger partial charge in [-0.15, -0.1) is 0 Å². The number of anilines is 1. The van der Waals surface area contributed by atoms with E-state index in [0.717, 1.165) is 53.4 Å². The number of para-hydroxylation sites is 1. The lowest BCUT2D eigenvalue weighted by Crippen LogP contribution is -2.06. The minimum Gasteiger partial charge on any atom is -0.369 e. The number of aryl methyl sites for hydroxylation is 1.